The number of rotatable bonds is 4. The molecule has 1 atom stereocenters. The molecule has 0 bridgehead atoms. The molecule has 0 spiro atoms. The number of nitrogens with zero attached hydrogens (tertiary/aromatic N) is 1. The normalized spacial score (nSPS) is 20.2. The minimum atomic E-state index is -0.346. The molecule has 0 saturated carbocycles. The van der Waals surface area contributed by atoms with Crippen molar-refractivity contribution in [3.05, 3.63) is 28.7 Å². The van der Waals surface area contributed by atoms with Crippen LogP contribution in [0.5, 0.6) is 0 Å². The first-order valence-electron chi connectivity index (χ1n) is 6.11. The third-order valence-electron chi connectivity index (χ3n) is 2.97. The molecule has 1 aliphatic rings. The number of halogens is 1. The van der Waals surface area contributed by atoms with Gasteiger partial charge in [0.25, 0.3) is 5.91 Å². The summed E-state index contributed by atoms with van der Waals surface area (Å²) in [5.74, 6) is 0.0350. The second-order valence-electron chi connectivity index (χ2n) is 4.26. The summed E-state index contributed by atoms with van der Waals surface area (Å²) in [4.78, 5) is 14.1. The van der Waals surface area contributed by atoms with Crippen LogP contribution >= 0.6 is 15.9 Å². The highest BCUT2D eigenvalue weighted by Crippen LogP contribution is 2.23. The first kappa shape index (κ1) is 13.5. The zero-order chi connectivity index (χ0) is 13.0. The molecule has 4 nitrogen and oxygen atoms in total. The Morgan fingerprint density at radius 1 is 1.50 bits per heavy atom. The number of benzene rings is 1. The van der Waals surface area contributed by atoms with E-state index in [0.29, 0.717) is 26.1 Å². The monoisotopic (exact) mass is 312 g/mol. The summed E-state index contributed by atoms with van der Waals surface area (Å²) >= 11 is 3.42. The molecule has 2 N–H and O–H groups in total. The zero-order valence-corrected chi connectivity index (χ0v) is 11.7. The molecule has 98 valence electrons. The van der Waals surface area contributed by atoms with Crippen LogP contribution in [0.4, 0.5) is 5.69 Å². The van der Waals surface area contributed by atoms with Crippen molar-refractivity contribution in [2.45, 2.75) is 18.9 Å². The van der Waals surface area contributed by atoms with E-state index in [1.807, 2.05) is 24.3 Å². The van der Waals surface area contributed by atoms with E-state index in [0.717, 1.165) is 16.6 Å². The number of carbonyl (C=O) groups is 1. The standard InChI is InChI=1S/C13H17BrN2O2/c14-10-3-1-4-11(9-10)16-7-8-18-12(13(16)17)5-2-6-15/h1,3-4,9,12H,2,5-8,15H2. The van der Waals surface area contributed by atoms with Gasteiger partial charge in [0.2, 0.25) is 0 Å². The van der Waals surface area contributed by atoms with E-state index in [1.54, 1.807) is 4.90 Å². The Bertz CT molecular complexity index is 425. The van der Waals surface area contributed by atoms with Crippen LogP contribution in [0.2, 0.25) is 0 Å². The minimum Gasteiger partial charge on any atom is -0.367 e. The van der Waals surface area contributed by atoms with Crippen molar-refractivity contribution in [1.82, 2.24) is 0 Å². The molecular weight excluding hydrogens is 296 g/mol. The summed E-state index contributed by atoms with van der Waals surface area (Å²) < 4.78 is 6.49. The lowest BCUT2D eigenvalue weighted by atomic mass is 10.1. The summed E-state index contributed by atoms with van der Waals surface area (Å²) in [6.45, 7) is 1.77. The SMILES string of the molecule is NCCCC1OCCN(c2cccc(Br)c2)C1=O. The molecule has 0 aromatic heterocycles. The van der Waals surface area contributed by atoms with Gasteiger partial charge in [0.15, 0.2) is 0 Å². The molecule has 18 heavy (non-hydrogen) atoms. The molecule has 1 fully saturated rings. The molecule has 0 radical (unpaired) electrons. The van der Waals surface area contributed by atoms with Crippen molar-refractivity contribution < 1.29 is 9.53 Å². The summed E-state index contributed by atoms with van der Waals surface area (Å²) in [6, 6.07) is 7.76. The highest BCUT2D eigenvalue weighted by molar-refractivity contribution is 9.10. The Morgan fingerprint density at radius 2 is 2.33 bits per heavy atom. The van der Waals surface area contributed by atoms with E-state index in [-0.39, 0.29) is 12.0 Å². The molecule has 1 saturated heterocycles. The summed E-state index contributed by atoms with van der Waals surface area (Å²) in [5.41, 5.74) is 6.38. The number of ether oxygens (including phenoxy) is 1. The maximum atomic E-state index is 12.3. The Morgan fingerprint density at radius 3 is 3.06 bits per heavy atom. The van der Waals surface area contributed by atoms with Gasteiger partial charge in [-0.3, -0.25) is 4.79 Å². The third-order valence-corrected chi connectivity index (χ3v) is 3.46. The number of anilines is 1. The first-order chi connectivity index (χ1) is 8.72. The molecule has 1 aromatic carbocycles. The number of hydrogen-bond acceptors (Lipinski definition) is 3. The van der Waals surface area contributed by atoms with Gasteiger partial charge in [-0.15, -0.1) is 0 Å². The van der Waals surface area contributed by atoms with E-state index < -0.39 is 0 Å². The van der Waals surface area contributed by atoms with Crippen molar-refractivity contribution in [1.29, 1.82) is 0 Å². The Balaban J connectivity index is 2.11. The molecule has 1 heterocycles. The molecular formula is C13H17BrN2O2. The zero-order valence-electron chi connectivity index (χ0n) is 10.1. The van der Waals surface area contributed by atoms with Crippen LogP contribution in [-0.4, -0.2) is 31.7 Å². The number of hydrogen-bond donors (Lipinski definition) is 1. The van der Waals surface area contributed by atoms with Crippen molar-refractivity contribution in [2.24, 2.45) is 5.73 Å². The molecule has 1 aromatic rings. The molecule has 1 unspecified atom stereocenters. The number of carbonyl (C=O) groups excluding carboxylic acids is 1. The quantitative estimate of drug-likeness (QED) is 0.924. The van der Waals surface area contributed by atoms with Gasteiger partial charge in [-0.2, -0.15) is 0 Å². The van der Waals surface area contributed by atoms with Crippen molar-refractivity contribution in [2.75, 3.05) is 24.6 Å². The van der Waals surface area contributed by atoms with Gasteiger partial charge in [0.1, 0.15) is 6.10 Å². The van der Waals surface area contributed by atoms with Crippen LogP contribution in [0.3, 0.4) is 0 Å². The molecule has 5 heteroatoms. The van der Waals surface area contributed by atoms with E-state index in [2.05, 4.69) is 15.9 Å². The topological polar surface area (TPSA) is 55.6 Å². The van der Waals surface area contributed by atoms with Gasteiger partial charge in [-0.1, -0.05) is 22.0 Å². The minimum absolute atomic E-state index is 0.0350. The second kappa shape index (κ2) is 6.31. The van der Waals surface area contributed by atoms with E-state index in [1.165, 1.54) is 0 Å². The summed E-state index contributed by atoms with van der Waals surface area (Å²) in [5, 5.41) is 0. The third kappa shape index (κ3) is 3.10. The van der Waals surface area contributed by atoms with Gasteiger partial charge in [-0.05, 0) is 37.6 Å². The molecule has 0 aliphatic carbocycles. The predicted molar refractivity (Wildman–Crippen MR) is 74.5 cm³/mol. The lowest BCUT2D eigenvalue weighted by Gasteiger charge is -2.32. The molecule has 2 rings (SSSR count). The largest absolute Gasteiger partial charge is 0.367 e. The van der Waals surface area contributed by atoms with Crippen molar-refractivity contribution >= 4 is 27.5 Å². The van der Waals surface area contributed by atoms with Gasteiger partial charge in [0, 0.05) is 16.7 Å². The smallest absolute Gasteiger partial charge is 0.256 e. The number of amides is 1. The van der Waals surface area contributed by atoms with Crippen molar-refractivity contribution in [3.63, 3.8) is 0 Å². The first-order valence-corrected chi connectivity index (χ1v) is 6.90. The van der Waals surface area contributed by atoms with Gasteiger partial charge in [-0.25, -0.2) is 0 Å². The van der Waals surface area contributed by atoms with Crippen LogP contribution in [0.15, 0.2) is 28.7 Å². The molecule has 1 aliphatic heterocycles. The Kier molecular flexibility index (Phi) is 4.74. The number of nitrogens with two attached hydrogens (primary N) is 1. The van der Waals surface area contributed by atoms with Gasteiger partial charge >= 0.3 is 0 Å². The maximum absolute atomic E-state index is 12.3. The fraction of sp³-hybridized carbons (Fsp3) is 0.462. The van der Waals surface area contributed by atoms with Gasteiger partial charge in [0.05, 0.1) is 6.61 Å². The highest BCUT2D eigenvalue weighted by Gasteiger charge is 2.29. The van der Waals surface area contributed by atoms with Crippen LogP contribution in [0.25, 0.3) is 0 Å². The second-order valence-corrected chi connectivity index (χ2v) is 5.18. The van der Waals surface area contributed by atoms with Crippen LogP contribution < -0.4 is 10.6 Å². The fourth-order valence-electron chi connectivity index (χ4n) is 2.05. The summed E-state index contributed by atoms with van der Waals surface area (Å²) in [7, 11) is 0. The van der Waals surface area contributed by atoms with Crippen LogP contribution in [0, 0.1) is 0 Å². The summed E-state index contributed by atoms with van der Waals surface area (Å²) in [6.07, 6.45) is 1.16. The van der Waals surface area contributed by atoms with E-state index in [9.17, 15) is 4.79 Å². The fourth-order valence-corrected chi connectivity index (χ4v) is 2.44. The van der Waals surface area contributed by atoms with Crippen LogP contribution in [0.1, 0.15) is 12.8 Å². The Labute approximate surface area is 115 Å². The Hall–Kier alpha value is -0.910. The van der Waals surface area contributed by atoms with Gasteiger partial charge < -0.3 is 15.4 Å². The van der Waals surface area contributed by atoms with Crippen molar-refractivity contribution in [3.8, 4) is 0 Å². The van der Waals surface area contributed by atoms with E-state index in [4.69, 9.17) is 10.5 Å². The maximum Gasteiger partial charge on any atom is 0.256 e. The highest BCUT2D eigenvalue weighted by atomic mass is 79.9. The average molecular weight is 313 g/mol. The molecule has 1 amide bonds. The lowest BCUT2D eigenvalue weighted by molar-refractivity contribution is -0.134. The van der Waals surface area contributed by atoms with E-state index >= 15 is 0 Å². The predicted octanol–water partition coefficient (Wildman–Crippen LogP) is 1.92. The lowest BCUT2D eigenvalue weighted by Crippen LogP contribution is -2.48. The number of morpholine rings is 1. The average Bonchev–Trinajstić information content (AvgIpc) is 2.37. The van der Waals surface area contributed by atoms with Crippen LogP contribution in [-0.2, 0) is 9.53 Å².